The molecule has 3 aromatic carbocycles. The molecular formula is C26H18N2O5S. The summed E-state index contributed by atoms with van der Waals surface area (Å²) < 4.78 is 5.78. The molecule has 0 saturated carbocycles. The Hall–Kier alpha value is -4.17. The number of carbonyl (C=O) groups excluding carboxylic acids is 2. The van der Waals surface area contributed by atoms with Crippen LogP contribution in [0.1, 0.15) is 16.9 Å². The average molecular weight is 471 g/mol. The van der Waals surface area contributed by atoms with Crippen LogP contribution in [-0.2, 0) is 11.3 Å². The quantitative estimate of drug-likeness (QED) is 0.186. The Morgan fingerprint density at radius 2 is 1.82 bits per heavy atom. The standard InChI is InChI=1S/C26H18N2O5S/c1-16-9-11-21(22(13-16)28(31)32)23-12-10-19(33-23)14-24-25(29)27(26(30)34-24)15-18-7-4-6-17-5-2-3-8-20(17)18/h2-14H,15H2,1H3/b24-14-. The van der Waals surface area contributed by atoms with Crippen molar-refractivity contribution in [2.75, 3.05) is 0 Å². The lowest BCUT2D eigenvalue weighted by Crippen LogP contribution is -2.27. The SMILES string of the molecule is Cc1ccc(-c2ccc(/C=C3\SC(=O)N(Cc4cccc5ccccc45)C3=O)o2)c([N+](=O)[O-])c1. The maximum atomic E-state index is 13.0. The number of hydrogen-bond acceptors (Lipinski definition) is 6. The number of nitro benzene ring substituents is 1. The topological polar surface area (TPSA) is 93.7 Å². The number of fused-ring (bicyclic) bond motifs is 1. The highest BCUT2D eigenvalue weighted by atomic mass is 32.2. The highest BCUT2D eigenvalue weighted by Gasteiger charge is 2.35. The van der Waals surface area contributed by atoms with Gasteiger partial charge in [0.05, 0.1) is 21.9 Å². The minimum absolute atomic E-state index is 0.0590. The monoisotopic (exact) mass is 470 g/mol. The fraction of sp³-hybridized carbons (Fsp3) is 0.0769. The van der Waals surface area contributed by atoms with Crippen LogP contribution in [0.2, 0.25) is 0 Å². The van der Waals surface area contributed by atoms with E-state index in [0.717, 1.165) is 33.7 Å². The van der Waals surface area contributed by atoms with E-state index in [4.69, 9.17) is 4.42 Å². The van der Waals surface area contributed by atoms with Crippen LogP contribution in [-0.4, -0.2) is 21.0 Å². The largest absolute Gasteiger partial charge is 0.456 e. The molecule has 2 heterocycles. The fourth-order valence-corrected chi connectivity index (χ4v) is 4.76. The van der Waals surface area contributed by atoms with Crippen LogP contribution in [0, 0.1) is 17.0 Å². The molecule has 0 atom stereocenters. The first-order valence-electron chi connectivity index (χ1n) is 10.5. The molecule has 7 nitrogen and oxygen atoms in total. The molecule has 5 rings (SSSR count). The molecule has 0 bridgehead atoms. The Morgan fingerprint density at radius 1 is 1.03 bits per heavy atom. The molecule has 1 aliphatic rings. The third-order valence-electron chi connectivity index (χ3n) is 5.60. The third-order valence-corrected chi connectivity index (χ3v) is 6.50. The first-order chi connectivity index (χ1) is 16.4. The lowest BCUT2D eigenvalue weighted by Gasteiger charge is -2.14. The van der Waals surface area contributed by atoms with Gasteiger partial charge in [0.25, 0.3) is 16.8 Å². The molecule has 2 amide bonds. The average Bonchev–Trinajstić information content (AvgIpc) is 3.39. The summed E-state index contributed by atoms with van der Waals surface area (Å²) in [5.41, 5.74) is 1.94. The second-order valence-electron chi connectivity index (χ2n) is 7.89. The first kappa shape index (κ1) is 21.7. The van der Waals surface area contributed by atoms with Crippen LogP contribution in [0.4, 0.5) is 10.5 Å². The molecule has 0 spiro atoms. The van der Waals surface area contributed by atoms with Gasteiger partial charge in [-0.3, -0.25) is 24.6 Å². The zero-order valence-corrected chi connectivity index (χ0v) is 18.9. The van der Waals surface area contributed by atoms with Crippen molar-refractivity contribution in [2.24, 2.45) is 0 Å². The zero-order valence-electron chi connectivity index (χ0n) is 18.1. The summed E-state index contributed by atoms with van der Waals surface area (Å²) in [6.45, 7) is 1.95. The van der Waals surface area contributed by atoms with E-state index in [1.165, 1.54) is 17.0 Å². The smallest absolute Gasteiger partial charge is 0.293 e. The van der Waals surface area contributed by atoms with E-state index < -0.39 is 10.8 Å². The van der Waals surface area contributed by atoms with E-state index in [1.54, 1.807) is 31.2 Å². The van der Waals surface area contributed by atoms with Crippen LogP contribution in [0.3, 0.4) is 0 Å². The molecule has 1 aromatic heterocycles. The molecule has 1 aliphatic heterocycles. The fourth-order valence-electron chi connectivity index (χ4n) is 3.94. The van der Waals surface area contributed by atoms with Crippen molar-refractivity contribution >= 4 is 45.4 Å². The summed E-state index contributed by atoms with van der Waals surface area (Å²) in [5.74, 6) is 0.246. The van der Waals surface area contributed by atoms with E-state index in [-0.39, 0.29) is 22.4 Å². The van der Waals surface area contributed by atoms with Gasteiger partial charge in [-0.1, -0.05) is 48.5 Å². The summed E-state index contributed by atoms with van der Waals surface area (Å²) in [6.07, 6.45) is 1.50. The highest BCUT2D eigenvalue weighted by molar-refractivity contribution is 8.18. The number of hydrogen-bond donors (Lipinski definition) is 0. The van der Waals surface area contributed by atoms with Crippen molar-refractivity contribution in [1.82, 2.24) is 4.90 Å². The second-order valence-corrected chi connectivity index (χ2v) is 8.88. The van der Waals surface area contributed by atoms with Gasteiger partial charge in [0, 0.05) is 12.1 Å². The number of rotatable bonds is 5. The van der Waals surface area contributed by atoms with Gasteiger partial charge in [-0.05, 0) is 58.8 Å². The molecule has 0 unspecified atom stereocenters. The maximum Gasteiger partial charge on any atom is 0.293 e. The Balaban J connectivity index is 1.41. The minimum Gasteiger partial charge on any atom is -0.456 e. The third kappa shape index (κ3) is 3.99. The summed E-state index contributed by atoms with van der Waals surface area (Å²) in [6, 6.07) is 21.7. The molecule has 0 aliphatic carbocycles. The van der Waals surface area contributed by atoms with E-state index in [0.29, 0.717) is 17.1 Å². The predicted octanol–water partition coefficient (Wildman–Crippen LogP) is 6.55. The number of nitrogens with zero attached hydrogens (tertiary/aromatic N) is 2. The molecule has 4 aromatic rings. The molecule has 0 N–H and O–H groups in total. The molecule has 1 saturated heterocycles. The first-order valence-corrected chi connectivity index (χ1v) is 11.3. The van der Waals surface area contributed by atoms with Crippen molar-refractivity contribution < 1.29 is 18.9 Å². The van der Waals surface area contributed by atoms with Gasteiger partial charge in [0.15, 0.2) is 0 Å². The predicted molar refractivity (Wildman–Crippen MR) is 131 cm³/mol. The van der Waals surface area contributed by atoms with E-state index in [9.17, 15) is 19.7 Å². The number of thioether (sulfide) groups is 1. The van der Waals surface area contributed by atoms with Crippen LogP contribution in [0.25, 0.3) is 28.2 Å². The Kier molecular flexibility index (Phi) is 5.51. The van der Waals surface area contributed by atoms with E-state index in [2.05, 4.69) is 0 Å². The van der Waals surface area contributed by atoms with Gasteiger partial charge in [0.1, 0.15) is 11.5 Å². The zero-order chi connectivity index (χ0) is 23.8. The molecule has 8 heteroatoms. The molecule has 0 radical (unpaired) electrons. The van der Waals surface area contributed by atoms with Crippen molar-refractivity contribution in [3.05, 3.63) is 105 Å². The van der Waals surface area contributed by atoms with Crippen LogP contribution >= 0.6 is 11.8 Å². The Bertz CT molecular complexity index is 1500. The number of benzene rings is 3. The lowest BCUT2D eigenvalue weighted by molar-refractivity contribution is -0.384. The normalized spacial score (nSPS) is 15.0. The highest BCUT2D eigenvalue weighted by Crippen LogP contribution is 2.36. The van der Waals surface area contributed by atoms with Crippen molar-refractivity contribution in [3.63, 3.8) is 0 Å². The molecule has 34 heavy (non-hydrogen) atoms. The molecular weight excluding hydrogens is 452 g/mol. The maximum absolute atomic E-state index is 13.0. The van der Waals surface area contributed by atoms with E-state index >= 15 is 0 Å². The number of aryl methyl sites for hydroxylation is 1. The summed E-state index contributed by atoms with van der Waals surface area (Å²) in [7, 11) is 0. The Morgan fingerprint density at radius 3 is 2.65 bits per heavy atom. The second kappa shape index (κ2) is 8.64. The molecule has 168 valence electrons. The number of furan rings is 1. The van der Waals surface area contributed by atoms with Crippen LogP contribution < -0.4 is 0 Å². The minimum atomic E-state index is -0.455. The van der Waals surface area contributed by atoms with Crippen LogP contribution in [0.15, 0.2) is 82.1 Å². The van der Waals surface area contributed by atoms with E-state index in [1.807, 2.05) is 42.5 Å². The number of carbonyl (C=O) groups is 2. The van der Waals surface area contributed by atoms with Gasteiger partial charge in [0.2, 0.25) is 0 Å². The molecule has 1 fully saturated rings. The van der Waals surface area contributed by atoms with Gasteiger partial charge in [-0.25, -0.2) is 0 Å². The van der Waals surface area contributed by atoms with Crippen molar-refractivity contribution in [3.8, 4) is 11.3 Å². The number of nitro groups is 1. The number of imide groups is 1. The summed E-state index contributed by atoms with van der Waals surface area (Å²) in [4.78, 5) is 38.1. The van der Waals surface area contributed by atoms with Crippen molar-refractivity contribution in [1.29, 1.82) is 0 Å². The van der Waals surface area contributed by atoms with Gasteiger partial charge in [-0.2, -0.15) is 0 Å². The van der Waals surface area contributed by atoms with Crippen molar-refractivity contribution in [2.45, 2.75) is 13.5 Å². The van der Waals surface area contributed by atoms with Crippen LogP contribution in [0.5, 0.6) is 0 Å². The Labute approximate surface area is 198 Å². The summed E-state index contributed by atoms with van der Waals surface area (Å²) in [5, 5.41) is 13.1. The summed E-state index contributed by atoms with van der Waals surface area (Å²) >= 11 is 0.847. The number of amides is 2. The van der Waals surface area contributed by atoms with Gasteiger partial charge < -0.3 is 4.42 Å². The van der Waals surface area contributed by atoms with Gasteiger partial charge >= 0.3 is 0 Å². The lowest BCUT2D eigenvalue weighted by atomic mass is 10.0. The van der Waals surface area contributed by atoms with Gasteiger partial charge in [-0.15, -0.1) is 0 Å².